The average molecular weight is 447 g/mol. The Hall–Kier alpha value is -1.98. The van der Waals surface area contributed by atoms with Crippen LogP contribution in [0.3, 0.4) is 0 Å². The fourth-order valence-electron chi connectivity index (χ4n) is 3.01. The van der Waals surface area contributed by atoms with Crippen LogP contribution in [0.25, 0.3) is 0 Å². The lowest BCUT2D eigenvalue weighted by atomic mass is 10.1. The zero-order valence-corrected chi connectivity index (χ0v) is 19.7. The first-order valence-corrected chi connectivity index (χ1v) is 11.7. The van der Waals surface area contributed by atoms with E-state index in [1.54, 1.807) is 4.90 Å². The Morgan fingerprint density at radius 3 is 2.23 bits per heavy atom. The normalized spacial score (nSPS) is 12.8. The van der Waals surface area contributed by atoms with Gasteiger partial charge in [-0.2, -0.15) is 0 Å². The second-order valence-corrected chi connectivity index (χ2v) is 8.98. The van der Waals surface area contributed by atoms with Crippen LogP contribution in [0.4, 0.5) is 0 Å². The molecule has 2 atom stereocenters. The number of aryl methyl sites for hydroxylation is 1. The summed E-state index contributed by atoms with van der Waals surface area (Å²) in [6.45, 7) is 8.40. The summed E-state index contributed by atoms with van der Waals surface area (Å²) >= 11 is 7.40. The summed E-state index contributed by atoms with van der Waals surface area (Å²) in [6.07, 6.45) is 1.41. The van der Waals surface area contributed by atoms with E-state index in [4.69, 9.17) is 11.6 Å². The van der Waals surface area contributed by atoms with Crippen molar-refractivity contribution in [1.29, 1.82) is 0 Å². The molecule has 0 fully saturated rings. The van der Waals surface area contributed by atoms with Gasteiger partial charge in [-0.1, -0.05) is 55.3 Å². The molecule has 30 heavy (non-hydrogen) atoms. The highest BCUT2D eigenvalue weighted by Gasteiger charge is 2.29. The first-order valence-electron chi connectivity index (χ1n) is 10.4. The monoisotopic (exact) mass is 446 g/mol. The first kappa shape index (κ1) is 24.3. The van der Waals surface area contributed by atoms with Crippen molar-refractivity contribution in [3.05, 3.63) is 64.7 Å². The van der Waals surface area contributed by atoms with E-state index in [2.05, 4.69) is 5.32 Å². The third kappa shape index (κ3) is 7.37. The second kappa shape index (κ2) is 12.0. The lowest BCUT2D eigenvalue weighted by Crippen LogP contribution is -2.51. The van der Waals surface area contributed by atoms with Gasteiger partial charge >= 0.3 is 0 Å². The van der Waals surface area contributed by atoms with E-state index in [0.29, 0.717) is 18.0 Å². The van der Waals surface area contributed by atoms with E-state index in [1.165, 1.54) is 11.8 Å². The van der Waals surface area contributed by atoms with Gasteiger partial charge in [0.25, 0.3) is 0 Å². The number of carbonyl (C=O) groups excluding carboxylic acids is 2. The maximum atomic E-state index is 13.2. The molecule has 4 nitrogen and oxygen atoms in total. The molecule has 0 aromatic heterocycles. The van der Waals surface area contributed by atoms with Crippen LogP contribution in [0.5, 0.6) is 0 Å². The highest BCUT2D eigenvalue weighted by molar-refractivity contribution is 8.00. The van der Waals surface area contributed by atoms with Gasteiger partial charge in [0.15, 0.2) is 0 Å². The Balaban J connectivity index is 2.19. The third-order valence-electron chi connectivity index (χ3n) is 5.04. The molecule has 1 N–H and O–H groups in total. The van der Waals surface area contributed by atoms with Crippen LogP contribution >= 0.6 is 23.4 Å². The van der Waals surface area contributed by atoms with Crippen molar-refractivity contribution in [2.75, 3.05) is 5.75 Å². The van der Waals surface area contributed by atoms with Gasteiger partial charge in [0.05, 0.1) is 5.75 Å². The molecular formula is C24H31ClN2O2S. The van der Waals surface area contributed by atoms with E-state index >= 15 is 0 Å². The number of nitrogens with zero attached hydrogens (tertiary/aromatic N) is 1. The Morgan fingerprint density at radius 1 is 1.03 bits per heavy atom. The molecule has 0 heterocycles. The van der Waals surface area contributed by atoms with E-state index < -0.39 is 6.04 Å². The molecule has 2 aromatic carbocycles. The number of carbonyl (C=O) groups is 2. The summed E-state index contributed by atoms with van der Waals surface area (Å²) in [5, 5.41) is 3.70. The fourth-order valence-corrected chi connectivity index (χ4v) is 3.92. The minimum absolute atomic E-state index is 0.0540. The zero-order valence-electron chi connectivity index (χ0n) is 18.2. The first-order chi connectivity index (χ1) is 14.3. The zero-order chi connectivity index (χ0) is 22.1. The molecule has 0 aliphatic carbocycles. The van der Waals surface area contributed by atoms with Crippen LogP contribution in [-0.4, -0.2) is 34.6 Å². The quantitative estimate of drug-likeness (QED) is 0.493. The van der Waals surface area contributed by atoms with Crippen molar-refractivity contribution in [1.82, 2.24) is 10.2 Å². The van der Waals surface area contributed by atoms with Crippen LogP contribution in [-0.2, 0) is 16.1 Å². The predicted octanol–water partition coefficient (Wildman–Crippen LogP) is 5.46. The molecule has 2 rings (SSSR count). The van der Waals surface area contributed by atoms with Gasteiger partial charge in [-0.25, -0.2) is 0 Å². The van der Waals surface area contributed by atoms with Crippen LogP contribution in [0.1, 0.15) is 44.7 Å². The largest absolute Gasteiger partial charge is 0.352 e. The van der Waals surface area contributed by atoms with Crippen molar-refractivity contribution in [2.24, 2.45) is 0 Å². The van der Waals surface area contributed by atoms with Crippen molar-refractivity contribution in [3.63, 3.8) is 0 Å². The van der Waals surface area contributed by atoms with Gasteiger partial charge in [0, 0.05) is 22.5 Å². The number of thioether (sulfide) groups is 1. The Morgan fingerprint density at radius 2 is 1.67 bits per heavy atom. The van der Waals surface area contributed by atoms with Crippen LogP contribution < -0.4 is 5.32 Å². The van der Waals surface area contributed by atoms with Gasteiger partial charge in [0.2, 0.25) is 11.8 Å². The minimum atomic E-state index is -0.501. The number of hydrogen-bond donors (Lipinski definition) is 1. The van der Waals surface area contributed by atoms with Gasteiger partial charge in [-0.3, -0.25) is 9.59 Å². The fraction of sp³-hybridized carbons (Fsp3) is 0.417. The third-order valence-corrected chi connectivity index (χ3v) is 6.29. The number of benzene rings is 2. The Bertz CT molecular complexity index is 824. The smallest absolute Gasteiger partial charge is 0.243 e. The summed E-state index contributed by atoms with van der Waals surface area (Å²) in [4.78, 5) is 28.8. The summed E-state index contributed by atoms with van der Waals surface area (Å²) in [7, 11) is 0. The predicted molar refractivity (Wildman–Crippen MR) is 126 cm³/mol. The van der Waals surface area contributed by atoms with Gasteiger partial charge < -0.3 is 10.2 Å². The standard InChI is InChI=1S/C24H31ClN2O2S/c1-5-18(4)26-24(29)22(6-2)27(15-19-9-7-17(3)8-10-19)23(28)16-30-21-13-11-20(25)12-14-21/h7-14,18,22H,5-6,15-16H2,1-4H3,(H,26,29). The Labute approximate surface area is 189 Å². The molecular weight excluding hydrogens is 416 g/mol. The van der Waals surface area contributed by atoms with Gasteiger partial charge in [-0.05, 0) is 56.5 Å². The topological polar surface area (TPSA) is 49.4 Å². The Kier molecular flexibility index (Phi) is 9.73. The van der Waals surface area contributed by atoms with Gasteiger partial charge in [0.1, 0.15) is 6.04 Å². The molecule has 6 heteroatoms. The molecule has 2 amide bonds. The number of hydrogen-bond acceptors (Lipinski definition) is 3. The number of halogens is 1. The molecule has 2 unspecified atom stereocenters. The highest BCUT2D eigenvalue weighted by atomic mass is 35.5. The minimum Gasteiger partial charge on any atom is -0.352 e. The summed E-state index contributed by atoms with van der Waals surface area (Å²) in [6, 6.07) is 15.1. The molecule has 0 spiro atoms. The van der Waals surface area contributed by atoms with Crippen LogP contribution in [0, 0.1) is 6.92 Å². The lowest BCUT2D eigenvalue weighted by Gasteiger charge is -2.31. The molecule has 2 aromatic rings. The van der Waals surface area contributed by atoms with Crippen molar-refractivity contribution >= 4 is 35.2 Å². The molecule has 0 radical (unpaired) electrons. The van der Waals surface area contributed by atoms with E-state index in [1.807, 2.05) is 76.2 Å². The lowest BCUT2D eigenvalue weighted by molar-refractivity contribution is -0.139. The van der Waals surface area contributed by atoms with Crippen molar-refractivity contribution < 1.29 is 9.59 Å². The highest BCUT2D eigenvalue weighted by Crippen LogP contribution is 2.22. The molecule has 0 saturated heterocycles. The van der Waals surface area contributed by atoms with E-state index in [-0.39, 0.29) is 23.6 Å². The molecule has 0 saturated carbocycles. The summed E-state index contributed by atoms with van der Waals surface area (Å²) in [5.74, 6) is 0.117. The average Bonchev–Trinajstić information content (AvgIpc) is 2.74. The molecule has 0 aliphatic heterocycles. The molecule has 162 valence electrons. The number of rotatable bonds is 10. The van der Waals surface area contributed by atoms with Crippen molar-refractivity contribution in [3.8, 4) is 0 Å². The van der Waals surface area contributed by atoms with E-state index in [9.17, 15) is 9.59 Å². The van der Waals surface area contributed by atoms with Gasteiger partial charge in [-0.15, -0.1) is 11.8 Å². The maximum absolute atomic E-state index is 13.2. The number of nitrogens with one attached hydrogen (secondary N) is 1. The summed E-state index contributed by atoms with van der Waals surface area (Å²) < 4.78 is 0. The molecule has 0 aliphatic rings. The van der Waals surface area contributed by atoms with Crippen LogP contribution in [0.15, 0.2) is 53.4 Å². The summed E-state index contributed by atoms with van der Waals surface area (Å²) in [5.41, 5.74) is 2.18. The van der Waals surface area contributed by atoms with Crippen molar-refractivity contribution in [2.45, 2.75) is 64.1 Å². The second-order valence-electron chi connectivity index (χ2n) is 7.49. The van der Waals surface area contributed by atoms with Crippen LogP contribution in [0.2, 0.25) is 5.02 Å². The van der Waals surface area contributed by atoms with E-state index in [0.717, 1.165) is 22.4 Å². The molecule has 0 bridgehead atoms. The SMILES string of the molecule is CCC(C)NC(=O)C(CC)N(Cc1ccc(C)cc1)C(=O)CSc1ccc(Cl)cc1. The maximum Gasteiger partial charge on any atom is 0.243 e. The number of amides is 2.